The molecule has 0 heterocycles. The minimum atomic E-state index is -1.06. The van der Waals surface area contributed by atoms with Crippen LogP contribution in [0.3, 0.4) is 0 Å². The summed E-state index contributed by atoms with van der Waals surface area (Å²) in [6.07, 6.45) is 1.21. The third-order valence-electron chi connectivity index (χ3n) is 2.41. The molecule has 0 unspecified atom stereocenters. The first-order valence-corrected chi connectivity index (χ1v) is 7.39. The van der Waals surface area contributed by atoms with Crippen molar-refractivity contribution in [1.29, 1.82) is 0 Å². The molecule has 1 aromatic rings. The van der Waals surface area contributed by atoms with Gasteiger partial charge in [-0.3, -0.25) is 4.79 Å². The number of hydrogen-bond donors (Lipinski definition) is 1. The smallest absolute Gasteiger partial charge is 0.334 e. The lowest BCUT2D eigenvalue weighted by molar-refractivity contribution is -0.142. The van der Waals surface area contributed by atoms with E-state index in [1.807, 2.05) is 42.7 Å². The fourth-order valence-electron chi connectivity index (χ4n) is 1.54. The monoisotopic (exact) mass is 306 g/mol. The van der Waals surface area contributed by atoms with Gasteiger partial charge in [-0.25, -0.2) is 4.79 Å². The van der Waals surface area contributed by atoms with Gasteiger partial charge in [0.05, 0.1) is 13.0 Å². The quantitative estimate of drug-likeness (QED) is 0.360. The first-order chi connectivity index (χ1) is 10.0. The fraction of sp³-hybridized carbons (Fsp3) is 0.250. The van der Waals surface area contributed by atoms with E-state index >= 15 is 0 Å². The van der Waals surface area contributed by atoms with Gasteiger partial charge in [0.2, 0.25) is 0 Å². The van der Waals surface area contributed by atoms with Gasteiger partial charge in [-0.2, -0.15) is 0 Å². The molecule has 0 atom stereocenters. The molecule has 5 heteroatoms. The summed E-state index contributed by atoms with van der Waals surface area (Å²) >= 11 is 1.51. The third kappa shape index (κ3) is 6.81. The topological polar surface area (TPSA) is 63.6 Å². The largest absolute Gasteiger partial charge is 0.481 e. The molecule has 1 N–H and O–H groups in total. The SMILES string of the molecule is CCOC(=O)/C(=C/C(C)=C/Sc1ccccc1)CC(=O)O. The molecule has 1 aromatic carbocycles. The van der Waals surface area contributed by atoms with E-state index in [0.717, 1.165) is 10.5 Å². The van der Waals surface area contributed by atoms with Crippen LogP contribution in [0.15, 0.2) is 57.9 Å². The van der Waals surface area contributed by atoms with E-state index in [1.165, 1.54) is 11.8 Å². The molecule has 0 saturated carbocycles. The second-order valence-electron chi connectivity index (χ2n) is 4.25. The average Bonchev–Trinajstić information content (AvgIpc) is 2.45. The average molecular weight is 306 g/mol. The van der Waals surface area contributed by atoms with Gasteiger partial charge in [-0.1, -0.05) is 30.0 Å². The second kappa shape index (κ2) is 9.02. The number of carboxylic acid groups (broad SMARTS) is 1. The van der Waals surface area contributed by atoms with Crippen LogP contribution in [-0.2, 0) is 14.3 Å². The first kappa shape index (κ1) is 17.0. The highest BCUT2D eigenvalue weighted by atomic mass is 32.2. The predicted molar refractivity (Wildman–Crippen MR) is 83.0 cm³/mol. The van der Waals surface area contributed by atoms with Crippen molar-refractivity contribution in [2.24, 2.45) is 0 Å². The summed E-state index contributed by atoms with van der Waals surface area (Å²) in [6.45, 7) is 3.72. The Hall–Kier alpha value is -2.01. The van der Waals surface area contributed by atoms with Crippen LogP contribution in [-0.4, -0.2) is 23.7 Å². The van der Waals surface area contributed by atoms with E-state index in [9.17, 15) is 9.59 Å². The zero-order valence-electron chi connectivity index (χ0n) is 12.0. The lowest BCUT2D eigenvalue weighted by Gasteiger charge is -2.05. The van der Waals surface area contributed by atoms with Crippen LogP contribution < -0.4 is 0 Å². The number of carboxylic acids is 1. The predicted octanol–water partition coefficient (Wildman–Crippen LogP) is 3.65. The van der Waals surface area contributed by atoms with E-state index in [0.29, 0.717) is 0 Å². The molecular weight excluding hydrogens is 288 g/mol. The van der Waals surface area contributed by atoms with Crippen LogP contribution >= 0.6 is 11.8 Å². The lowest BCUT2D eigenvalue weighted by Crippen LogP contribution is -2.11. The summed E-state index contributed by atoms with van der Waals surface area (Å²) in [4.78, 5) is 23.6. The lowest BCUT2D eigenvalue weighted by atomic mass is 10.1. The highest BCUT2D eigenvalue weighted by Gasteiger charge is 2.14. The molecule has 0 aliphatic rings. The summed E-state index contributed by atoms with van der Waals surface area (Å²) in [7, 11) is 0. The Kier molecular flexibility index (Phi) is 7.32. The zero-order valence-corrected chi connectivity index (χ0v) is 12.9. The van der Waals surface area contributed by atoms with Gasteiger partial charge >= 0.3 is 11.9 Å². The minimum Gasteiger partial charge on any atom is -0.481 e. The van der Waals surface area contributed by atoms with Crippen molar-refractivity contribution < 1.29 is 19.4 Å². The molecule has 1 rings (SSSR count). The first-order valence-electron chi connectivity index (χ1n) is 6.51. The summed E-state index contributed by atoms with van der Waals surface area (Å²) in [6, 6.07) is 9.77. The van der Waals surface area contributed by atoms with Crippen LogP contribution in [0.2, 0.25) is 0 Å². The molecule has 0 spiro atoms. The number of ether oxygens (including phenoxy) is 1. The Morgan fingerprint density at radius 3 is 2.52 bits per heavy atom. The third-order valence-corrected chi connectivity index (χ3v) is 3.44. The van der Waals surface area contributed by atoms with Crippen LogP contribution in [0.5, 0.6) is 0 Å². The second-order valence-corrected chi connectivity index (χ2v) is 5.20. The highest BCUT2D eigenvalue weighted by molar-refractivity contribution is 8.02. The Bertz CT molecular complexity index is 547. The van der Waals surface area contributed by atoms with Crippen molar-refractivity contribution in [3.63, 3.8) is 0 Å². The molecule has 0 amide bonds. The number of hydrogen-bond acceptors (Lipinski definition) is 4. The number of aliphatic carboxylic acids is 1. The Morgan fingerprint density at radius 1 is 1.29 bits per heavy atom. The molecular formula is C16H18O4S. The van der Waals surface area contributed by atoms with Crippen molar-refractivity contribution in [2.45, 2.75) is 25.2 Å². The highest BCUT2D eigenvalue weighted by Crippen LogP contribution is 2.21. The zero-order chi connectivity index (χ0) is 15.7. The number of carbonyl (C=O) groups excluding carboxylic acids is 1. The maximum Gasteiger partial charge on any atom is 0.334 e. The van der Waals surface area contributed by atoms with Crippen LogP contribution in [0.25, 0.3) is 0 Å². The van der Waals surface area contributed by atoms with Crippen LogP contribution in [0, 0.1) is 0 Å². The molecule has 21 heavy (non-hydrogen) atoms. The van der Waals surface area contributed by atoms with Gasteiger partial charge in [0.25, 0.3) is 0 Å². The molecule has 0 aromatic heterocycles. The Balaban J connectivity index is 2.82. The standard InChI is InChI=1S/C16H18O4S/c1-3-20-16(19)13(10-15(17)18)9-12(2)11-21-14-7-5-4-6-8-14/h4-9,11H,3,10H2,1-2H3,(H,17,18)/b12-11+,13-9+. The van der Waals surface area contributed by atoms with E-state index in [-0.39, 0.29) is 18.6 Å². The normalized spacial score (nSPS) is 12.1. The van der Waals surface area contributed by atoms with Crippen molar-refractivity contribution in [1.82, 2.24) is 0 Å². The van der Waals surface area contributed by atoms with Gasteiger partial charge in [-0.05, 0) is 43.0 Å². The van der Waals surface area contributed by atoms with Crippen molar-refractivity contribution in [2.75, 3.05) is 6.61 Å². The van der Waals surface area contributed by atoms with Crippen molar-refractivity contribution in [3.8, 4) is 0 Å². The minimum absolute atomic E-state index is 0.145. The molecule has 112 valence electrons. The molecule has 0 bridgehead atoms. The van der Waals surface area contributed by atoms with Gasteiger partial charge in [0, 0.05) is 10.5 Å². The number of thioether (sulfide) groups is 1. The van der Waals surface area contributed by atoms with Crippen molar-refractivity contribution in [3.05, 3.63) is 53.0 Å². The Labute approximate surface area is 128 Å². The Morgan fingerprint density at radius 2 is 1.95 bits per heavy atom. The summed E-state index contributed by atoms with van der Waals surface area (Å²) < 4.78 is 4.86. The maximum atomic E-state index is 11.7. The van der Waals surface area contributed by atoms with Gasteiger partial charge in [0.15, 0.2) is 0 Å². The molecule has 0 radical (unpaired) electrons. The van der Waals surface area contributed by atoms with E-state index in [1.54, 1.807) is 13.0 Å². The molecule has 0 aliphatic heterocycles. The number of benzene rings is 1. The van der Waals surface area contributed by atoms with Crippen LogP contribution in [0.4, 0.5) is 0 Å². The summed E-state index contributed by atoms with van der Waals surface area (Å²) in [5.41, 5.74) is 0.944. The number of allylic oxidation sites excluding steroid dienone is 2. The number of rotatable bonds is 7. The molecule has 4 nitrogen and oxygen atoms in total. The maximum absolute atomic E-state index is 11.7. The van der Waals surface area contributed by atoms with Crippen molar-refractivity contribution >= 4 is 23.7 Å². The molecule has 0 aliphatic carbocycles. The van der Waals surface area contributed by atoms with Gasteiger partial charge < -0.3 is 9.84 Å². The van der Waals surface area contributed by atoms with E-state index < -0.39 is 11.9 Å². The summed E-state index contributed by atoms with van der Waals surface area (Å²) in [5, 5.41) is 10.7. The van der Waals surface area contributed by atoms with E-state index in [4.69, 9.17) is 9.84 Å². The molecule has 0 saturated heterocycles. The van der Waals surface area contributed by atoms with E-state index in [2.05, 4.69) is 0 Å². The number of carbonyl (C=O) groups is 2. The molecule has 0 fully saturated rings. The van der Waals surface area contributed by atoms with Crippen LogP contribution in [0.1, 0.15) is 20.3 Å². The summed E-state index contributed by atoms with van der Waals surface area (Å²) in [5.74, 6) is -1.64. The number of esters is 1. The fourth-order valence-corrected chi connectivity index (χ4v) is 2.24. The van der Waals surface area contributed by atoms with Gasteiger partial charge in [0.1, 0.15) is 0 Å². The van der Waals surface area contributed by atoms with Gasteiger partial charge in [-0.15, -0.1) is 0 Å².